The Bertz CT molecular complexity index is 2720. The van der Waals surface area contributed by atoms with Gasteiger partial charge in [-0.2, -0.15) is 0 Å². The smallest absolute Gasteiger partial charge is 0.164 e. The van der Waals surface area contributed by atoms with Crippen molar-refractivity contribution in [3.05, 3.63) is 151 Å². The van der Waals surface area contributed by atoms with Gasteiger partial charge in [0.2, 0.25) is 0 Å². The maximum atomic E-state index is 5.18. The average molecular weight is 648 g/mol. The van der Waals surface area contributed by atoms with E-state index in [-0.39, 0.29) is 10.8 Å². The summed E-state index contributed by atoms with van der Waals surface area (Å²) in [6.07, 6.45) is 9.14. The monoisotopic (exact) mass is 647 g/mol. The number of benzene rings is 6. The molecule has 2 aliphatic rings. The molecule has 49 heavy (non-hydrogen) atoms. The molecule has 2 aromatic heterocycles. The summed E-state index contributed by atoms with van der Waals surface area (Å²) < 4.78 is 2.64. The minimum atomic E-state index is -0.0529. The fourth-order valence-corrected chi connectivity index (χ4v) is 9.53. The second-order valence-electron chi connectivity index (χ2n) is 14.2. The fourth-order valence-electron chi connectivity index (χ4n) is 8.42. The summed E-state index contributed by atoms with van der Waals surface area (Å²) in [5.74, 6) is 2.40. The number of thiophene rings is 1. The Morgan fingerprint density at radius 3 is 2.08 bits per heavy atom. The molecule has 0 saturated heterocycles. The van der Waals surface area contributed by atoms with E-state index in [1.807, 2.05) is 29.5 Å². The van der Waals surface area contributed by atoms with Gasteiger partial charge >= 0.3 is 0 Å². The van der Waals surface area contributed by atoms with Crippen LogP contribution >= 0.6 is 11.3 Å². The molecule has 4 heteroatoms. The van der Waals surface area contributed by atoms with Crippen LogP contribution in [0.3, 0.4) is 0 Å². The lowest BCUT2D eigenvalue weighted by molar-refractivity contribution is 0.245. The van der Waals surface area contributed by atoms with Crippen LogP contribution in [-0.2, 0) is 5.41 Å². The highest BCUT2D eigenvalue weighted by Gasteiger charge is 2.53. The molecule has 2 heterocycles. The van der Waals surface area contributed by atoms with Gasteiger partial charge in [-0.25, -0.2) is 15.0 Å². The van der Waals surface area contributed by atoms with Crippen LogP contribution in [0.2, 0.25) is 0 Å². The van der Waals surface area contributed by atoms with E-state index < -0.39 is 0 Å². The molecule has 2 atom stereocenters. The zero-order valence-corrected chi connectivity index (χ0v) is 28.4. The molecule has 0 N–H and O–H groups in total. The molecule has 2 unspecified atom stereocenters. The van der Waals surface area contributed by atoms with Gasteiger partial charge in [-0.15, -0.1) is 11.3 Å². The molecular weight excluding hydrogens is 615 g/mol. The van der Waals surface area contributed by atoms with Crippen molar-refractivity contribution in [3.63, 3.8) is 0 Å². The van der Waals surface area contributed by atoms with Crippen LogP contribution < -0.4 is 0 Å². The van der Waals surface area contributed by atoms with Crippen molar-refractivity contribution >= 4 is 53.1 Å². The van der Waals surface area contributed by atoms with E-state index in [9.17, 15) is 0 Å². The van der Waals surface area contributed by atoms with Crippen LogP contribution in [0.25, 0.3) is 75.9 Å². The summed E-state index contributed by atoms with van der Waals surface area (Å²) in [4.78, 5) is 15.4. The maximum Gasteiger partial charge on any atom is 0.164 e. The Hall–Kier alpha value is -5.45. The minimum absolute atomic E-state index is 0.0122. The van der Waals surface area contributed by atoms with Gasteiger partial charge in [0.05, 0.1) is 0 Å². The van der Waals surface area contributed by atoms with Gasteiger partial charge in [0.1, 0.15) is 0 Å². The highest BCUT2D eigenvalue weighted by Crippen LogP contribution is 2.61. The lowest BCUT2D eigenvalue weighted by Crippen LogP contribution is -2.36. The Labute approximate surface area is 289 Å². The van der Waals surface area contributed by atoms with Gasteiger partial charge in [0, 0.05) is 48.2 Å². The Morgan fingerprint density at radius 1 is 0.551 bits per heavy atom. The summed E-state index contributed by atoms with van der Waals surface area (Å²) in [5.41, 5.74) is 5.68. The van der Waals surface area contributed by atoms with E-state index in [1.165, 1.54) is 52.8 Å². The third-order valence-corrected chi connectivity index (χ3v) is 12.6. The minimum Gasteiger partial charge on any atom is -0.208 e. The van der Waals surface area contributed by atoms with E-state index in [1.54, 1.807) is 0 Å². The lowest BCUT2D eigenvalue weighted by atomic mass is 9.62. The molecule has 234 valence electrons. The molecule has 3 nitrogen and oxygen atoms in total. The molecule has 8 aromatic rings. The van der Waals surface area contributed by atoms with E-state index in [0.29, 0.717) is 23.4 Å². The van der Waals surface area contributed by atoms with Crippen LogP contribution in [0.15, 0.2) is 140 Å². The second kappa shape index (κ2) is 10.3. The van der Waals surface area contributed by atoms with Crippen LogP contribution in [0.1, 0.15) is 37.8 Å². The quantitative estimate of drug-likeness (QED) is 0.179. The van der Waals surface area contributed by atoms with Crippen molar-refractivity contribution in [2.24, 2.45) is 5.41 Å². The molecule has 0 fully saturated rings. The normalized spacial score (nSPS) is 19.2. The topological polar surface area (TPSA) is 38.7 Å². The van der Waals surface area contributed by atoms with Gasteiger partial charge in [-0.3, -0.25) is 0 Å². The van der Waals surface area contributed by atoms with Crippen molar-refractivity contribution in [3.8, 4) is 34.2 Å². The Balaban J connectivity index is 1.16. The van der Waals surface area contributed by atoms with Gasteiger partial charge in [-0.05, 0) is 62.4 Å². The number of nitrogens with zero attached hydrogens (tertiary/aromatic N) is 3. The molecule has 2 aliphatic carbocycles. The van der Waals surface area contributed by atoms with Crippen molar-refractivity contribution in [2.75, 3.05) is 0 Å². The molecule has 10 rings (SSSR count). The van der Waals surface area contributed by atoms with E-state index in [4.69, 9.17) is 15.0 Å². The van der Waals surface area contributed by atoms with E-state index >= 15 is 0 Å². The largest absolute Gasteiger partial charge is 0.208 e. The van der Waals surface area contributed by atoms with Crippen molar-refractivity contribution in [2.45, 2.75) is 32.1 Å². The van der Waals surface area contributed by atoms with Crippen LogP contribution in [0.5, 0.6) is 0 Å². The number of fused-ring (bicyclic) bond motifs is 10. The zero-order valence-electron chi connectivity index (χ0n) is 27.6. The molecule has 0 spiro atoms. The second-order valence-corrected chi connectivity index (χ2v) is 15.3. The van der Waals surface area contributed by atoms with E-state index in [0.717, 1.165) is 16.7 Å². The molecular formula is C45H33N3S. The van der Waals surface area contributed by atoms with Gasteiger partial charge in [0.15, 0.2) is 17.5 Å². The van der Waals surface area contributed by atoms with Crippen LogP contribution in [0.4, 0.5) is 0 Å². The Kier molecular flexibility index (Phi) is 5.99. The molecule has 0 aliphatic heterocycles. The SMILES string of the molecule is CC1(C)c2cc(-c3nc(-c4ccccc4)nc(-c4ccc5c(ccc6ccc7sc8ccccc8c7c65)c4)n3)ccc2C2C=CC=CC21C. The third kappa shape index (κ3) is 4.11. The van der Waals surface area contributed by atoms with Crippen molar-refractivity contribution in [1.29, 1.82) is 0 Å². The summed E-state index contributed by atoms with van der Waals surface area (Å²) in [7, 11) is 0. The van der Waals surface area contributed by atoms with Gasteiger partial charge in [-0.1, -0.05) is 136 Å². The Morgan fingerprint density at radius 2 is 1.24 bits per heavy atom. The highest BCUT2D eigenvalue weighted by atomic mass is 32.1. The fraction of sp³-hybridized carbons (Fsp3) is 0.133. The first-order valence-corrected chi connectivity index (χ1v) is 17.8. The molecule has 0 saturated carbocycles. The van der Waals surface area contributed by atoms with Crippen LogP contribution in [0, 0.1) is 5.41 Å². The van der Waals surface area contributed by atoms with Crippen LogP contribution in [-0.4, -0.2) is 15.0 Å². The summed E-state index contributed by atoms with van der Waals surface area (Å²) in [6.45, 7) is 7.14. The van der Waals surface area contributed by atoms with E-state index in [2.05, 4.69) is 142 Å². The van der Waals surface area contributed by atoms with Gasteiger partial charge < -0.3 is 0 Å². The highest BCUT2D eigenvalue weighted by molar-refractivity contribution is 7.26. The number of allylic oxidation sites excluding steroid dienone is 4. The van der Waals surface area contributed by atoms with Crippen molar-refractivity contribution in [1.82, 2.24) is 15.0 Å². The zero-order chi connectivity index (χ0) is 32.9. The molecule has 6 aromatic carbocycles. The summed E-state index contributed by atoms with van der Waals surface area (Å²) in [5, 5.41) is 7.63. The predicted molar refractivity (Wildman–Crippen MR) is 206 cm³/mol. The molecule has 0 radical (unpaired) electrons. The number of hydrogen-bond donors (Lipinski definition) is 0. The first-order chi connectivity index (χ1) is 23.9. The summed E-state index contributed by atoms with van der Waals surface area (Å²) >= 11 is 1.86. The average Bonchev–Trinajstić information content (AvgIpc) is 3.61. The van der Waals surface area contributed by atoms with Gasteiger partial charge in [0.25, 0.3) is 0 Å². The third-order valence-electron chi connectivity index (χ3n) is 11.4. The predicted octanol–water partition coefficient (Wildman–Crippen LogP) is 12.1. The summed E-state index contributed by atoms with van der Waals surface area (Å²) in [6, 6.07) is 41.5. The number of hydrogen-bond acceptors (Lipinski definition) is 4. The maximum absolute atomic E-state index is 5.18. The number of aromatic nitrogens is 3. The molecule has 0 amide bonds. The first kappa shape index (κ1) is 28.6. The number of rotatable bonds is 3. The standard InChI is InChI=1S/C45H33N3S/c1-44(2)36-26-31(19-22-33(36)35-14-9-10-24-45(35,44)3)43-47-41(28-11-5-4-6-12-28)46-42(48-43)30-18-21-32-29(25-30)17-16-27-20-23-38-40(39(27)32)34-13-7-8-15-37(34)49-38/h4-26,35H,1-3H3. The van der Waals surface area contributed by atoms with Crippen molar-refractivity contribution < 1.29 is 0 Å². The first-order valence-electron chi connectivity index (χ1n) is 17.0. The lowest BCUT2D eigenvalue weighted by Gasteiger charge is -2.41. The molecule has 0 bridgehead atoms.